The molecule has 2 rings (SSSR count). The molecule has 0 bridgehead atoms. The number of thiophene rings is 1. The lowest BCUT2D eigenvalue weighted by Gasteiger charge is -2.10. The molecular weight excluding hydrogens is 310 g/mol. The van der Waals surface area contributed by atoms with Crippen molar-refractivity contribution in [2.45, 2.75) is 0 Å². The maximum atomic E-state index is 11.7. The number of aromatic nitrogens is 2. The summed E-state index contributed by atoms with van der Waals surface area (Å²) in [5, 5.41) is 4.07. The number of nitrogens with zero attached hydrogens (tertiary/aromatic N) is 2. The van der Waals surface area contributed by atoms with Crippen molar-refractivity contribution in [3.63, 3.8) is 0 Å². The van der Waals surface area contributed by atoms with E-state index < -0.39 is 29.7 Å². The lowest BCUT2D eigenvalue weighted by molar-refractivity contribution is -0.119. The van der Waals surface area contributed by atoms with E-state index in [9.17, 15) is 19.2 Å². The summed E-state index contributed by atoms with van der Waals surface area (Å²) in [6, 6.07) is 4.38. The van der Waals surface area contributed by atoms with Gasteiger partial charge in [0.05, 0.1) is 0 Å². The minimum absolute atomic E-state index is 0.0327. The lowest BCUT2D eigenvalue weighted by atomic mass is 10.5. The van der Waals surface area contributed by atoms with Gasteiger partial charge in [-0.05, 0) is 11.4 Å². The van der Waals surface area contributed by atoms with Crippen LogP contribution >= 0.6 is 11.3 Å². The van der Waals surface area contributed by atoms with Gasteiger partial charge in [-0.1, -0.05) is 6.07 Å². The van der Waals surface area contributed by atoms with Gasteiger partial charge >= 0.3 is 11.7 Å². The van der Waals surface area contributed by atoms with Gasteiger partial charge in [0.15, 0.2) is 6.61 Å². The van der Waals surface area contributed by atoms with E-state index in [1.54, 1.807) is 17.5 Å². The highest BCUT2D eigenvalue weighted by Gasteiger charge is 2.13. The Kier molecular flexibility index (Phi) is 4.56. The maximum Gasteiger partial charge on any atom is 0.348 e. The Morgan fingerprint density at radius 1 is 1.27 bits per heavy atom. The standard InChI is InChI=1S/C13H13N3O5S/c1-15-9(6-11(18)16(2)13(15)20)14-10(17)7-21-12(19)8-4-3-5-22-8/h3-6H,7H2,1-2H3,(H,14,17). The molecule has 8 nitrogen and oxygen atoms in total. The Balaban J connectivity index is 2.03. The predicted octanol–water partition coefficient (Wildman–Crippen LogP) is -0.0590. The number of carbonyl (C=O) groups excluding carboxylic acids is 2. The van der Waals surface area contributed by atoms with Crippen molar-refractivity contribution in [2.24, 2.45) is 14.1 Å². The summed E-state index contributed by atoms with van der Waals surface area (Å²) < 4.78 is 6.85. The zero-order valence-corrected chi connectivity index (χ0v) is 12.7. The summed E-state index contributed by atoms with van der Waals surface area (Å²) in [5.41, 5.74) is -1.12. The third kappa shape index (κ3) is 3.31. The summed E-state index contributed by atoms with van der Waals surface area (Å²) in [5.74, 6) is -1.22. The van der Waals surface area contributed by atoms with Crippen molar-refractivity contribution >= 4 is 29.0 Å². The number of rotatable bonds is 4. The number of hydrogen-bond acceptors (Lipinski definition) is 6. The van der Waals surface area contributed by atoms with E-state index in [4.69, 9.17) is 4.74 Å². The molecule has 0 atom stereocenters. The van der Waals surface area contributed by atoms with Crippen LogP contribution in [0.1, 0.15) is 9.67 Å². The molecular formula is C13H13N3O5S. The summed E-state index contributed by atoms with van der Waals surface area (Å²) in [7, 11) is 2.74. The molecule has 0 unspecified atom stereocenters. The van der Waals surface area contributed by atoms with Crippen molar-refractivity contribution in [3.8, 4) is 0 Å². The zero-order chi connectivity index (χ0) is 16.3. The van der Waals surface area contributed by atoms with Crippen LogP contribution in [-0.4, -0.2) is 27.6 Å². The van der Waals surface area contributed by atoms with Crippen molar-refractivity contribution in [3.05, 3.63) is 49.3 Å². The van der Waals surface area contributed by atoms with Crippen molar-refractivity contribution in [1.29, 1.82) is 0 Å². The molecule has 0 saturated heterocycles. The van der Waals surface area contributed by atoms with Crippen molar-refractivity contribution in [2.75, 3.05) is 11.9 Å². The van der Waals surface area contributed by atoms with Gasteiger partial charge < -0.3 is 10.1 Å². The molecule has 0 aliphatic heterocycles. The highest BCUT2D eigenvalue weighted by Crippen LogP contribution is 2.09. The Labute approximate surface area is 128 Å². The van der Waals surface area contributed by atoms with Gasteiger partial charge in [-0.2, -0.15) is 0 Å². The van der Waals surface area contributed by atoms with Gasteiger partial charge in [-0.15, -0.1) is 11.3 Å². The molecule has 1 amide bonds. The van der Waals surface area contributed by atoms with E-state index in [-0.39, 0.29) is 5.82 Å². The van der Waals surface area contributed by atoms with Gasteiger partial charge in [0.1, 0.15) is 10.7 Å². The molecule has 0 fully saturated rings. The fourth-order valence-corrected chi connectivity index (χ4v) is 2.24. The first-order chi connectivity index (χ1) is 10.4. The largest absolute Gasteiger partial charge is 0.451 e. The number of ether oxygens (including phenoxy) is 1. The molecule has 0 aliphatic rings. The topological polar surface area (TPSA) is 99.4 Å². The fourth-order valence-electron chi connectivity index (χ4n) is 1.63. The molecule has 116 valence electrons. The molecule has 9 heteroatoms. The first-order valence-corrected chi connectivity index (χ1v) is 7.05. The molecule has 0 radical (unpaired) electrons. The summed E-state index contributed by atoms with van der Waals surface area (Å²) >= 11 is 1.20. The third-order valence-corrected chi connectivity index (χ3v) is 3.70. The number of amides is 1. The highest BCUT2D eigenvalue weighted by molar-refractivity contribution is 7.11. The molecule has 0 aliphatic carbocycles. The molecule has 0 saturated carbocycles. The maximum absolute atomic E-state index is 11.7. The van der Waals surface area contributed by atoms with Crippen molar-refractivity contribution in [1.82, 2.24) is 9.13 Å². The first kappa shape index (κ1) is 15.7. The third-order valence-electron chi connectivity index (χ3n) is 2.85. The molecule has 22 heavy (non-hydrogen) atoms. The predicted molar refractivity (Wildman–Crippen MR) is 80.2 cm³/mol. The second-order valence-electron chi connectivity index (χ2n) is 4.37. The van der Waals surface area contributed by atoms with Gasteiger partial charge in [-0.25, -0.2) is 9.59 Å². The smallest absolute Gasteiger partial charge is 0.348 e. The van der Waals surface area contributed by atoms with E-state index >= 15 is 0 Å². The average molecular weight is 323 g/mol. The quantitative estimate of drug-likeness (QED) is 0.795. The molecule has 2 aromatic heterocycles. The Hall–Kier alpha value is -2.68. The van der Waals surface area contributed by atoms with E-state index in [1.807, 2.05) is 0 Å². The van der Waals surface area contributed by atoms with E-state index in [0.29, 0.717) is 4.88 Å². The average Bonchev–Trinajstić information content (AvgIpc) is 3.02. The molecule has 1 N–H and O–H groups in total. The summed E-state index contributed by atoms with van der Waals surface area (Å²) in [4.78, 5) is 46.9. The van der Waals surface area contributed by atoms with E-state index in [2.05, 4.69) is 5.32 Å². The van der Waals surface area contributed by atoms with Crippen molar-refractivity contribution < 1.29 is 14.3 Å². The van der Waals surface area contributed by atoms with Crippen LogP contribution in [0.5, 0.6) is 0 Å². The minimum Gasteiger partial charge on any atom is -0.451 e. The Morgan fingerprint density at radius 2 is 2.00 bits per heavy atom. The van der Waals surface area contributed by atoms with Crippen LogP contribution in [0.25, 0.3) is 0 Å². The van der Waals surface area contributed by atoms with Crippen LogP contribution in [0.3, 0.4) is 0 Å². The summed E-state index contributed by atoms with van der Waals surface area (Å²) in [6.07, 6.45) is 0. The van der Waals surface area contributed by atoms with Gasteiger partial charge in [0.2, 0.25) is 0 Å². The molecule has 0 aromatic carbocycles. The van der Waals surface area contributed by atoms with Crippen LogP contribution in [0.15, 0.2) is 33.2 Å². The second-order valence-corrected chi connectivity index (χ2v) is 5.32. The SMILES string of the molecule is Cn1c(NC(=O)COC(=O)c2cccs2)cc(=O)n(C)c1=O. The Morgan fingerprint density at radius 3 is 2.64 bits per heavy atom. The van der Waals surface area contributed by atoms with Crippen LogP contribution in [0.2, 0.25) is 0 Å². The molecule has 2 aromatic rings. The number of esters is 1. The van der Waals surface area contributed by atoms with E-state index in [0.717, 1.165) is 15.2 Å². The van der Waals surface area contributed by atoms with E-state index in [1.165, 1.54) is 25.4 Å². The number of anilines is 1. The number of carbonyl (C=O) groups is 2. The summed E-state index contributed by atoms with van der Waals surface area (Å²) in [6.45, 7) is -0.514. The second kappa shape index (κ2) is 6.39. The number of nitrogens with one attached hydrogen (secondary N) is 1. The van der Waals surface area contributed by atoms with Gasteiger partial charge in [0, 0.05) is 20.2 Å². The van der Waals surface area contributed by atoms with Crippen LogP contribution in [-0.2, 0) is 23.6 Å². The Bertz CT molecular complexity index is 819. The van der Waals surface area contributed by atoms with Crippen LogP contribution in [0, 0.1) is 0 Å². The highest BCUT2D eigenvalue weighted by atomic mass is 32.1. The lowest BCUT2D eigenvalue weighted by Crippen LogP contribution is -2.38. The first-order valence-electron chi connectivity index (χ1n) is 6.17. The number of hydrogen-bond donors (Lipinski definition) is 1. The van der Waals surface area contributed by atoms with Gasteiger partial charge in [0.25, 0.3) is 11.5 Å². The fraction of sp³-hybridized carbons (Fsp3) is 0.231. The van der Waals surface area contributed by atoms with Gasteiger partial charge in [-0.3, -0.25) is 18.7 Å². The minimum atomic E-state index is -0.645. The molecule has 0 spiro atoms. The molecule has 2 heterocycles. The van der Waals surface area contributed by atoms with Crippen LogP contribution < -0.4 is 16.6 Å². The monoisotopic (exact) mass is 323 g/mol. The zero-order valence-electron chi connectivity index (χ0n) is 11.9. The normalized spacial score (nSPS) is 10.3. The van der Waals surface area contributed by atoms with Crippen LogP contribution in [0.4, 0.5) is 5.82 Å².